The smallest absolute Gasteiger partial charge is 0.339 e. The van der Waals surface area contributed by atoms with E-state index in [4.69, 9.17) is 11.6 Å². The Morgan fingerprint density at radius 3 is 2.53 bits per heavy atom. The lowest BCUT2D eigenvalue weighted by Crippen LogP contribution is -2.42. The van der Waals surface area contributed by atoms with Crippen molar-refractivity contribution >= 4 is 23.3 Å². The number of anilines is 1. The van der Waals surface area contributed by atoms with Gasteiger partial charge in [-0.25, -0.2) is 4.79 Å². The van der Waals surface area contributed by atoms with Gasteiger partial charge in [0.05, 0.1) is 10.7 Å². The Hall–Kier alpha value is -1.26. The van der Waals surface area contributed by atoms with Crippen LogP contribution in [-0.4, -0.2) is 49.2 Å². The monoisotopic (exact) mass is 282 g/mol. The van der Waals surface area contributed by atoms with Gasteiger partial charge in [0.25, 0.3) is 0 Å². The fourth-order valence-electron chi connectivity index (χ4n) is 2.61. The van der Waals surface area contributed by atoms with Gasteiger partial charge in [0.15, 0.2) is 0 Å². The number of benzene rings is 1. The number of carbonyl (C=O) groups is 1. The molecule has 1 aromatic carbocycles. The molecule has 0 saturated carbocycles. The van der Waals surface area contributed by atoms with E-state index in [2.05, 4.69) is 23.9 Å². The van der Waals surface area contributed by atoms with Crippen LogP contribution in [-0.2, 0) is 0 Å². The molecular weight excluding hydrogens is 264 g/mol. The van der Waals surface area contributed by atoms with Crippen LogP contribution in [0.25, 0.3) is 0 Å². The molecule has 1 heterocycles. The third-order valence-corrected chi connectivity index (χ3v) is 4.06. The number of hydrogen-bond acceptors (Lipinski definition) is 3. The van der Waals surface area contributed by atoms with Gasteiger partial charge in [-0.3, -0.25) is 0 Å². The second-order valence-corrected chi connectivity index (χ2v) is 5.53. The van der Waals surface area contributed by atoms with E-state index < -0.39 is 5.97 Å². The highest BCUT2D eigenvalue weighted by atomic mass is 35.5. The van der Waals surface area contributed by atoms with Crippen molar-refractivity contribution in [2.75, 3.05) is 32.1 Å². The third-order valence-electron chi connectivity index (χ3n) is 3.74. The van der Waals surface area contributed by atoms with Crippen LogP contribution in [0, 0.1) is 0 Å². The van der Waals surface area contributed by atoms with Crippen LogP contribution in [0.5, 0.6) is 0 Å². The Morgan fingerprint density at radius 1 is 1.37 bits per heavy atom. The number of carboxylic acids is 1. The van der Waals surface area contributed by atoms with Gasteiger partial charge in [0, 0.05) is 19.1 Å². The molecule has 1 aliphatic rings. The fourth-order valence-corrected chi connectivity index (χ4v) is 2.86. The van der Waals surface area contributed by atoms with Crippen LogP contribution in [0.3, 0.4) is 0 Å². The number of hydrogen-bond donors (Lipinski definition) is 1. The van der Waals surface area contributed by atoms with Gasteiger partial charge in [0.2, 0.25) is 0 Å². The van der Waals surface area contributed by atoms with Crippen molar-refractivity contribution in [3.05, 3.63) is 28.8 Å². The molecule has 5 heteroatoms. The molecular formula is C14H19ClN2O2. The maximum Gasteiger partial charge on any atom is 0.339 e. The lowest BCUT2D eigenvalue weighted by molar-refractivity contribution is 0.0697. The topological polar surface area (TPSA) is 43.8 Å². The molecule has 19 heavy (non-hydrogen) atoms. The van der Waals surface area contributed by atoms with Crippen molar-refractivity contribution in [1.82, 2.24) is 4.90 Å². The zero-order valence-corrected chi connectivity index (χ0v) is 12.0. The summed E-state index contributed by atoms with van der Waals surface area (Å²) in [6.07, 6.45) is 2.08. The van der Waals surface area contributed by atoms with E-state index in [1.807, 2.05) is 12.1 Å². The first kappa shape index (κ1) is 14.2. The van der Waals surface area contributed by atoms with Gasteiger partial charge >= 0.3 is 5.97 Å². The number of carboxylic acid groups (broad SMARTS) is 1. The minimum atomic E-state index is -0.963. The summed E-state index contributed by atoms with van der Waals surface area (Å²) in [7, 11) is 4.17. The molecule has 1 saturated heterocycles. The Kier molecular flexibility index (Phi) is 4.32. The minimum absolute atomic E-state index is 0.215. The Morgan fingerprint density at radius 2 is 2.00 bits per heavy atom. The molecule has 0 aliphatic carbocycles. The van der Waals surface area contributed by atoms with Crippen molar-refractivity contribution in [2.45, 2.75) is 18.9 Å². The van der Waals surface area contributed by atoms with Crippen molar-refractivity contribution in [1.29, 1.82) is 0 Å². The zero-order valence-electron chi connectivity index (χ0n) is 11.3. The molecule has 0 radical (unpaired) electrons. The van der Waals surface area contributed by atoms with Gasteiger partial charge in [-0.2, -0.15) is 0 Å². The maximum absolute atomic E-state index is 11.3. The number of piperidine rings is 1. The van der Waals surface area contributed by atoms with Crippen LogP contribution in [0.2, 0.25) is 5.02 Å². The van der Waals surface area contributed by atoms with E-state index in [1.54, 1.807) is 6.07 Å². The first-order chi connectivity index (χ1) is 9.00. The van der Waals surface area contributed by atoms with E-state index in [0.29, 0.717) is 11.1 Å². The highest BCUT2D eigenvalue weighted by Gasteiger charge is 2.24. The Labute approximate surface area is 118 Å². The quantitative estimate of drug-likeness (QED) is 0.925. The molecule has 1 fully saturated rings. The molecule has 0 unspecified atom stereocenters. The van der Waals surface area contributed by atoms with E-state index in [1.165, 1.54) is 0 Å². The van der Waals surface area contributed by atoms with Crippen molar-refractivity contribution < 1.29 is 9.90 Å². The van der Waals surface area contributed by atoms with Crippen LogP contribution in [0.1, 0.15) is 23.2 Å². The second-order valence-electron chi connectivity index (χ2n) is 5.12. The lowest BCUT2D eigenvalue weighted by atomic mass is 10.0. The van der Waals surface area contributed by atoms with Gasteiger partial charge in [-0.1, -0.05) is 17.7 Å². The highest BCUT2D eigenvalue weighted by Crippen LogP contribution is 2.30. The van der Waals surface area contributed by atoms with Crippen molar-refractivity contribution in [2.24, 2.45) is 0 Å². The third kappa shape index (κ3) is 3.01. The average Bonchev–Trinajstić information content (AvgIpc) is 2.38. The first-order valence-corrected chi connectivity index (χ1v) is 6.81. The number of nitrogens with zero attached hydrogens (tertiary/aromatic N) is 2. The molecule has 1 N–H and O–H groups in total. The summed E-state index contributed by atoms with van der Waals surface area (Å²) >= 11 is 6.01. The Bertz CT molecular complexity index is 469. The second kappa shape index (κ2) is 5.80. The minimum Gasteiger partial charge on any atom is -0.478 e. The average molecular weight is 283 g/mol. The summed E-state index contributed by atoms with van der Waals surface area (Å²) in [5.74, 6) is -0.963. The predicted molar refractivity (Wildman–Crippen MR) is 77.3 cm³/mol. The molecule has 104 valence electrons. The number of aromatic carboxylic acids is 1. The molecule has 4 nitrogen and oxygen atoms in total. The van der Waals surface area contributed by atoms with Gasteiger partial charge < -0.3 is 14.9 Å². The van der Waals surface area contributed by atoms with E-state index in [0.717, 1.165) is 31.6 Å². The largest absolute Gasteiger partial charge is 0.478 e. The summed E-state index contributed by atoms with van der Waals surface area (Å²) in [6.45, 7) is 1.73. The van der Waals surface area contributed by atoms with Crippen molar-refractivity contribution in [3.8, 4) is 0 Å². The molecule has 1 aliphatic heterocycles. The maximum atomic E-state index is 11.3. The lowest BCUT2D eigenvalue weighted by Gasteiger charge is -2.37. The summed E-state index contributed by atoms with van der Waals surface area (Å²) in [5.41, 5.74) is 0.949. The summed E-state index contributed by atoms with van der Waals surface area (Å²) in [6, 6.07) is 5.85. The predicted octanol–water partition coefficient (Wildman–Crippen LogP) is 2.57. The number of halogens is 1. The van der Waals surface area contributed by atoms with Crippen molar-refractivity contribution in [3.63, 3.8) is 0 Å². The van der Waals surface area contributed by atoms with Crippen LogP contribution < -0.4 is 4.90 Å². The zero-order chi connectivity index (χ0) is 14.0. The molecule has 0 amide bonds. The molecule has 0 bridgehead atoms. The standard InChI is InChI=1S/C14H19ClN2O2/c1-16(2)10-6-8-17(9-7-10)12-5-3-4-11(15)13(12)14(18)19/h3-5,10H,6-9H2,1-2H3,(H,18,19). The SMILES string of the molecule is CN(C)C1CCN(c2cccc(Cl)c2C(=O)O)CC1. The van der Waals surface area contributed by atoms with Gasteiger partial charge in [-0.05, 0) is 39.1 Å². The van der Waals surface area contributed by atoms with Crippen LogP contribution >= 0.6 is 11.6 Å². The summed E-state index contributed by atoms with van der Waals surface area (Å²) in [4.78, 5) is 15.7. The Balaban J connectivity index is 2.20. The molecule has 0 spiro atoms. The summed E-state index contributed by atoms with van der Waals surface area (Å²) in [5, 5.41) is 9.60. The van der Waals surface area contributed by atoms with E-state index in [-0.39, 0.29) is 5.56 Å². The van der Waals surface area contributed by atoms with E-state index in [9.17, 15) is 9.90 Å². The van der Waals surface area contributed by atoms with Gasteiger partial charge in [0.1, 0.15) is 5.56 Å². The molecule has 0 atom stereocenters. The normalized spacial score (nSPS) is 16.9. The highest BCUT2D eigenvalue weighted by molar-refractivity contribution is 6.34. The molecule has 2 rings (SSSR count). The van der Waals surface area contributed by atoms with E-state index >= 15 is 0 Å². The van der Waals surface area contributed by atoms with Gasteiger partial charge in [-0.15, -0.1) is 0 Å². The first-order valence-electron chi connectivity index (χ1n) is 6.44. The summed E-state index contributed by atoms with van der Waals surface area (Å²) < 4.78 is 0. The van der Waals surface area contributed by atoms with Crippen LogP contribution in [0.4, 0.5) is 5.69 Å². The molecule has 0 aromatic heterocycles. The molecule has 1 aromatic rings. The fraction of sp³-hybridized carbons (Fsp3) is 0.500. The van der Waals surface area contributed by atoms with Crippen LogP contribution in [0.15, 0.2) is 18.2 Å². The number of rotatable bonds is 3.